The number of aryl methyl sites for hydroxylation is 1. The first kappa shape index (κ1) is 16.3. The Kier molecular flexibility index (Phi) is 4.37. The van der Waals surface area contributed by atoms with Crippen LogP contribution in [0.1, 0.15) is 5.56 Å². The first-order valence-electron chi connectivity index (χ1n) is 8.03. The van der Waals surface area contributed by atoms with Gasteiger partial charge in [-0.2, -0.15) is 0 Å². The number of nitrogens with zero attached hydrogens (tertiary/aromatic N) is 4. The second-order valence-corrected chi connectivity index (χ2v) is 6.70. The van der Waals surface area contributed by atoms with E-state index >= 15 is 0 Å². The first-order valence-corrected chi connectivity index (χ1v) is 8.85. The maximum atomic E-state index is 6.32. The second kappa shape index (κ2) is 6.97. The van der Waals surface area contributed by atoms with Crippen molar-refractivity contribution in [2.75, 3.05) is 11.1 Å². The topological polar surface area (TPSA) is 89.6 Å². The molecule has 3 heterocycles. The fraction of sp³-hybridized carbons (Fsp3) is 0.0526. The summed E-state index contributed by atoms with van der Waals surface area (Å²) < 4.78 is 0. The van der Waals surface area contributed by atoms with E-state index in [-0.39, 0.29) is 0 Å². The predicted molar refractivity (Wildman–Crippen MR) is 105 cm³/mol. The molecule has 128 valence electrons. The Morgan fingerprint density at radius 1 is 0.885 bits per heavy atom. The van der Waals surface area contributed by atoms with E-state index in [9.17, 15) is 0 Å². The molecule has 0 unspecified atom stereocenters. The number of aromatic nitrogens is 4. The van der Waals surface area contributed by atoms with Crippen LogP contribution >= 0.6 is 11.8 Å². The molecule has 0 spiro atoms. The molecule has 3 aromatic heterocycles. The quantitative estimate of drug-likeness (QED) is 0.527. The van der Waals surface area contributed by atoms with Gasteiger partial charge in [0.05, 0.1) is 5.52 Å². The van der Waals surface area contributed by atoms with Crippen molar-refractivity contribution in [2.24, 2.45) is 0 Å². The summed E-state index contributed by atoms with van der Waals surface area (Å²) in [6.07, 6.45) is 5.01. The van der Waals surface area contributed by atoms with Gasteiger partial charge >= 0.3 is 0 Å². The van der Waals surface area contributed by atoms with E-state index in [0.29, 0.717) is 16.5 Å². The highest BCUT2D eigenvalue weighted by atomic mass is 32.2. The normalized spacial score (nSPS) is 10.8. The van der Waals surface area contributed by atoms with Gasteiger partial charge in [0.1, 0.15) is 22.9 Å². The number of nitrogen functional groups attached to an aromatic ring is 1. The number of para-hydroxylation sites is 1. The van der Waals surface area contributed by atoms with Gasteiger partial charge in [0.2, 0.25) is 0 Å². The van der Waals surface area contributed by atoms with Gasteiger partial charge in [0, 0.05) is 22.7 Å². The SMILES string of the molecule is Cc1cccnc1Nc1ncnc(Sc2cccc3cccnc23)c1N. The van der Waals surface area contributed by atoms with Crippen LogP contribution < -0.4 is 11.1 Å². The van der Waals surface area contributed by atoms with Crippen LogP contribution in [0.3, 0.4) is 0 Å². The van der Waals surface area contributed by atoms with Crippen molar-refractivity contribution >= 4 is 40.0 Å². The maximum Gasteiger partial charge on any atom is 0.159 e. The summed E-state index contributed by atoms with van der Waals surface area (Å²) in [7, 11) is 0. The molecule has 0 radical (unpaired) electrons. The lowest BCUT2D eigenvalue weighted by Gasteiger charge is -2.12. The number of hydrogen-bond acceptors (Lipinski definition) is 7. The molecule has 0 atom stereocenters. The van der Waals surface area contributed by atoms with E-state index in [1.165, 1.54) is 18.1 Å². The average Bonchev–Trinajstić information content (AvgIpc) is 2.67. The zero-order valence-electron chi connectivity index (χ0n) is 14.0. The second-order valence-electron chi connectivity index (χ2n) is 5.67. The van der Waals surface area contributed by atoms with Gasteiger partial charge in [-0.05, 0) is 30.7 Å². The van der Waals surface area contributed by atoms with Gasteiger partial charge in [-0.25, -0.2) is 15.0 Å². The Morgan fingerprint density at radius 2 is 1.69 bits per heavy atom. The number of hydrogen-bond donors (Lipinski definition) is 2. The van der Waals surface area contributed by atoms with Gasteiger partial charge in [0.25, 0.3) is 0 Å². The molecule has 0 saturated carbocycles. The summed E-state index contributed by atoms with van der Waals surface area (Å²) in [5.74, 6) is 1.26. The zero-order valence-corrected chi connectivity index (χ0v) is 14.9. The number of nitrogens with two attached hydrogens (primary N) is 1. The maximum absolute atomic E-state index is 6.32. The fourth-order valence-electron chi connectivity index (χ4n) is 2.55. The van der Waals surface area contributed by atoms with E-state index in [1.807, 2.05) is 49.4 Å². The van der Waals surface area contributed by atoms with E-state index in [2.05, 4.69) is 25.3 Å². The van der Waals surface area contributed by atoms with Crippen molar-refractivity contribution in [1.29, 1.82) is 0 Å². The minimum Gasteiger partial charge on any atom is -0.394 e. The Bertz CT molecular complexity index is 1080. The Balaban J connectivity index is 1.69. The molecule has 0 aliphatic rings. The molecule has 26 heavy (non-hydrogen) atoms. The summed E-state index contributed by atoms with van der Waals surface area (Å²) in [4.78, 5) is 18.4. The van der Waals surface area contributed by atoms with Gasteiger partial charge in [0.15, 0.2) is 5.82 Å². The lowest BCUT2D eigenvalue weighted by Crippen LogP contribution is -2.04. The molecule has 0 amide bonds. The highest BCUT2D eigenvalue weighted by Gasteiger charge is 2.13. The van der Waals surface area contributed by atoms with Crippen molar-refractivity contribution in [3.8, 4) is 0 Å². The molecular formula is C19H16N6S. The molecule has 3 N–H and O–H groups in total. The molecule has 0 saturated heterocycles. The summed E-state index contributed by atoms with van der Waals surface area (Å²) in [5, 5.41) is 4.94. The van der Waals surface area contributed by atoms with E-state index < -0.39 is 0 Å². The summed E-state index contributed by atoms with van der Waals surface area (Å²) in [6, 6.07) is 13.9. The Hall–Kier alpha value is -3.19. The first-order chi connectivity index (χ1) is 12.7. The number of fused-ring (bicyclic) bond motifs is 1. The van der Waals surface area contributed by atoms with Crippen LogP contribution in [0.2, 0.25) is 0 Å². The van der Waals surface area contributed by atoms with Gasteiger partial charge in [-0.3, -0.25) is 4.98 Å². The number of rotatable bonds is 4. The summed E-state index contributed by atoms with van der Waals surface area (Å²) in [6.45, 7) is 1.98. The molecule has 6 nitrogen and oxygen atoms in total. The van der Waals surface area contributed by atoms with Crippen LogP contribution in [0.4, 0.5) is 17.3 Å². The van der Waals surface area contributed by atoms with Crippen LogP contribution in [-0.2, 0) is 0 Å². The number of anilines is 3. The Labute approximate surface area is 154 Å². The third-order valence-corrected chi connectivity index (χ3v) is 4.96. The van der Waals surface area contributed by atoms with Crippen LogP contribution in [0.25, 0.3) is 10.9 Å². The van der Waals surface area contributed by atoms with E-state index in [4.69, 9.17) is 5.73 Å². The van der Waals surface area contributed by atoms with Crippen molar-refractivity contribution in [1.82, 2.24) is 19.9 Å². The standard InChI is InChI=1S/C19H16N6S/c1-12-5-3-10-22-17(12)25-18-15(20)19(24-11-23-18)26-14-8-2-6-13-7-4-9-21-16(13)14/h2-11H,20H2,1H3,(H,22,23,24,25). The number of nitrogens with one attached hydrogen (secondary N) is 1. The lowest BCUT2D eigenvalue weighted by atomic mass is 10.2. The van der Waals surface area contributed by atoms with Crippen LogP contribution in [0, 0.1) is 6.92 Å². The highest BCUT2D eigenvalue weighted by Crippen LogP contribution is 2.36. The highest BCUT2D eigenvalue weighted by molar-refractivity contribution is 7.99. The van der Waals surface area contributed by atoms with Gasteiger partial charge < -0.3 is 11.1 Å². The average molecular weight is 360 g/mol. The third kappa shape index (κ3) is 3.16. The molecule has 0 bridgehead atoms. The minimum atomic E-state index is 0.482. The van der Waals surface area contributed by atoms with Crippen molar-refractivity contribution in [3.05, 3.63) is 66.7 Å². The smallest absolute Gasteiger partial charge is 0.159 e. The number of benzene rings is 1. The predicted octanol–water partition coefficient (Wildman–Crippen LogP) is 4.21. The molecular weight excluding hydrogens is 344 g/mol. The molecule has 0 aliphatic carbocycles. The fourth-order valence-corrected chi connectivity index (χ4v) is 3.48. The number of pyridine rings is 2. The summed E-state index contributed by atoms with van der Waals surface area (Å²) >= 11 is 1.47. The molecule has 1 aromatic carbocycles. The molecule has 0 aliphatic heterocycles. The third-order valence-electron chi connectivity index (χ3n) is 3.90. The zero-order chi connectivity index (χ0) is 17.9. The van der Waals surface area contributed by atoms with Crippen molar-refractivity contribution in [3.63, 3.8) is 0 Å². The van der Waals surface area contributed by atoms with Crippen molar-refractivity contribution in [2.45, 2.75) is 16.8 Å². The molecule has 0 fully saturated rings. The summed E-state index contributed by atoms with van der Waals surface area (Å²) in [5.41, 5.74) is 8.73. The molecule has 7 heteroatoms. The molecule has 4 aromatic rings. The largest absolute Gasteiger partial charge is 0.394 e. The van der Waals surface area contributed by atoms with E-state index in [1.54, 1.807) is 12.4 Å². The lowest BCUT2D eigenvalue weighted by molar-refractivity contribution is 1.05. The van der Waals surface area contributed by atoms with Crippen molar-refractivity contribution < 1.29 is 0 Å². The monoisotopic (exact) mass is 360 g/mol. The van der Waals surface area contributed by atoms with E-state index in [0.717, 1.165) is 27.2 Å². The van der Waals surface area contributed by atoms with Crippen LogP contribution in [0.15, 0.2) is 71.1 Å². The van der Waals surface area contributed by atoms with Crippen LogP contribution in [0.5, 0.6) is 0 Å². The van der Waals surface area contributed by atoms with Crippen LogP contribution in [-0.4, -0.2) is 19.9 Å². The van der Waals surface area contributed by atoms with Gasteiger partial charge in [-0.15, -0.1) is 0 Å². The van der Waals surface area contributed by atoms with Gasteiger partial charge in [-0.1, -0.05) is 36.0 Å². The Morgan fingerprint density at radius 3 is 2.58 bits per heavy atom. The molecule has 4 rings (SSSR count). The minimum absolute atomic E-state index is 0.482.